The summed E-state index contributed by atoms with van der Waals surface area (Å²) in [5.41, 5.74) is 3.96. The summed E-state index contributed by atoms with van der Waals surface area (Å²) in [6, 6.07) is 14.7. The second-order valence-corrected chi connectivity index (χ2v) is 5.97. The van der Waals surface area contributed by atoms with Gasteiger partial charge in [0.25, 0.3) is 0 Å². The smallest absolute Gasteiger partial charge is 0.191 e. The van der Waals surface area contributed by atoms with Gasteiger partial charge < -0.3 is 10.6 Å². The van der Waals surface area contributed by atoms with Crippen molar-refractivity contribution < 1.29 is 0 Å². The maximum absolute atomic E-state index is 4.31. The molecule has 0 saturated heterocycles. The van der Waals surface area contributed by atoms with Gasteiger partial charge in [-0.25, -0.2) is 0 Å². The third-order valence-corrected chi connectivity index (χ3v) is 4.32. The molecule has 2 aromatic rings. The Morgan fingerprint density at radius 2 is 1.92 bits per heavy atom. The molecule has 0 saturated carbocycles. The number of hydrogen-bond acceptors (Lipinski definition) is 3. The highest BCUT2D eigenvalue weighted by Gasteiger charge is 2.14. The van der Waals surface area contributed by atoms with Crippen molar-refractivity contribution in [3.05, 3.63) is 65.5 Å². The van der Waals surface area contributed by atoms with Gasteiger partial charge in [-0.3, -0.25) is 14.9 Å². The van der Waals surface area contributed by atoms with Crippen molar-refractivity contribution in [1.29, 1.82) is 0 Å². The molecule has 0 unspecified atom stereocenters. The lowest BCUT2D eigenvalue weighted by Crippen LogP contribution is -2.42. The van der Waals surface area contributed by atoms with E-state index in [1.807, 2.05) is 18.2 Å². The lowest BCUT2D eigenvalue weighted by atomic mass is 10.00. The molecule has 3 rings (SSSR count). The predicted octanol–water partition coefficient (Wildman–Crippen LogP) is 2.42. The van der Waals surface area contributed by atoms with Crippen molar-refractivity contribution in [2.45, 2.75) is 19.5 Å². The number of hydrogen-bond donors (Lipinski definition) is 2. The van der Waals surface area contributed by atoms with E-state index in [0.29, 0.717) is 6.54 Å². The van der Waals surface area contributed by atoms with E-state index < -0.39 is 0 Å². The number of benzene rings is 1. The molecule has 0 radical (unpaired) electrons. The number of rotatable bonds is 5. The van der Waals surface area contributed by atoms with Gasteiger partial charge in [-0.05, 0) is 29.7 Å². The molecule has 6 heteroatoms. The molecule has 1 aliphatic heterocycles. The number of guanidine groups is 1. The molecule has 1 aromatic carbocycles. The highest BCUT2D eigenvalue weighted by molar-refractivity contribution is 14.0. The summed E-state index contributed by atoms with van der Waals surface area (Å²) in [4.78, 5) is 11.1. The minimum absolute atomic E-state index is 0. The topological polar surface area (TPSA) is 52.6 Å². The Morgan fingerprint density at radius 1 is 1.12 bits per heavy atom. The summed E-state index contributed by atoms with van der Waals surface area (Å²) >= 11 is 0. The van der Waals surface area contributed by atoms with Crippen molar-refractivity contribution in [1.82, 2.24) is 20.5 Å². The molecule has 0 bridgehead atoms. The van der Waals surface area contributed by atoms with Gasteiger partial charge >= 0.3 is 0 Å². The predicted molar refractivity (Wildman–Crippen MR) is 113 cm³/mol. The number of halogens is 1. The molecule has 2 heterocycles. The number of fused-ring (bicyclic) bond motifs is 1. The van der Waals surface area contributed by atoms with Crippen molar-refractivity contribution in [2.75, 3.05) is 26.7 Å². The summed E-state index contributed by atoms with van der Waals surface area (Å²) in [7, 11) is 1.80. The number of nitrogens with one attached hydrogen (secondary N) is 2. The summed E-state index contributed by atoms with van der Waals surface area (Å²) < 4.78 is 0. The van der Waals surface area contributed by atoms with Crippen LogP contribution >= 0.6 is 24.0 Å². The fourth-order valence-electron chi connectivity index (χ4n) is 2.98. The number of nitrogens with zero attached hydrogens (tertiary/aromatic N) is 3. The van der Waals surface area contributed by atoms with Crippen LogP contribution in [0.3, 0.4) is 0 Å². The molecule has 0 aliphatic carbocycles. The number of aliphatic imine (C=N–C) groups is 1. The van der Waals surface area contributed by atoms with Crippen LogP contribution < -0.4 is 10.6 Å². The Bertz CT molecular complexity index is 675. The van der Waals surface area contributed by atoms with Gasteiger partial charge in [0.15, 0.2) is 5.96 Å². The average molecular weight is 451 g/mol. The second-order valence-electron chi connectivity index (χ2n) is 5.97. The van der Waals surface area contributed by atoms with Gasteiger partial charge in [0.2, 0.25) is 0 Å². The summed E-state index contributed by atoms with van der Waals surface area (Å²) in [5.74, 6) is 0.818. The maximum atomic E-state index is 4.31. The fraction of sp³-hybridized carbons (Fsp3) is 0.368. The van der Waals surface area contributed by atoms with Gasteiger partial charge in [0, 0.05) is 39.4 Å². The van der Waals surface area contributed by atoms with Gasteiger partial charge in [0.05, 0.1) is 12.2 Å². The summed E-state index contributed by atoms with van der Waals surface area (Å²) in [6.07, 6.45) is 2.95. The van der Waals surface area contributed by atoms with E-state index in [4.69, 9.17) is 0 Å². The first kappa shape index (κ1) is 19.7. The molecule has 2 N–H and O–H groups in total. The second kappa shape index (κ2) is 10.4. The van der Waals surface area contributed by atoms with Crippen LogP contribution in [-0.4, -0.2) is 42.5 Å². The normalized spacial score (nSPS) is 14.4. The molecule has 0 atom stereocenters. The zero-order chi connectivity index (χ0) is 16.6. The minimum Gasteiger partial charge on any atom is -0.355 e. The van der Waals surface area contributed by atoms with Crippen molar-refractivity contribution in [3.8, 4) is 0 Å². The Labute approximate surface area is 167 Å². The molecule has 0 spiro atoms. The van der Waals surface area contributed by atoms with Crippen LogP contribution in [0.15, 0.2) is 53.7 Å². The minimum atomic E-state index is 0. The number of aromatic nitrogens is 1. The first-order valence-electron chi connectivity index (χ1n) is 8.49. The van der Waals surface area contributed by atoms with E-state index in [2.05, 4.69) is 49.8 Å². The Balaban J connectivity index is 0.00000225. The van der Waals surface area contributed by atoms with Crippen LogP contribution in [0.1, 0.15) is 16.8 Å². The first-order valence-corrected chi connectivity index (χ1v) is 8.49. The van der Waals surface area contributed by atoms with E-state index in [0.717, 1.165) is 44.3 Å². The Hall–Kier alpha value is -1.67. The van der Waals surface area contributed by atoms with Crippen LogP contribution in [0.5, 0.6) is 0 Å². The molecule has 25 heavy (non-hydrogen) atoms. The fourth-order valence-corrected chi connectivity index (χ4v) is 2.98. The van der Waals surface area contributed by atoms with Gasteiger partial charge in [-0.15, -0.1) is 24.0 Å². The molecular formula is C19H26IN5. The third kappa shape index (κ3) is 5.97. The molecule has 1 aliphatic rings. The standard InChI is InChI=1S/C19H25N5.HI/c1-20-19(23-14-18-8-4-5-10-21-18)22-11-13-24-12-9-16-6-2-3-7-17(16)15-24;/h2-8,10H,9,11-15H2,1H3,(H2,20,22,23);1H. The first-order chi connectivity index (χ1) is 11.8. The van der Waals surface area contributed by atoms with E-state index in [1.54, 1.807) is 13.2 Å². The van der Waals surface area contributed by atoms with Crippen LogP contribution in [0, 0.1) is 0 Å². The van der Waals surface area contributed by atoms with Crippen LogP contribution in [-0.2, 0) is 19.5 Å². The lowest BCUT2D eigenvalue weighted by Gasteiger charge is -2.28. The number of pyridine rings is 1. The maximum Gasteiger partial charge on any atom is 0.191 e. The lowest BCUT2D eigenvalue weighted by molar-refractivity contribution is 0.258. The molecular weight excluding hydrogens is 425 g/mol. The van der Waals surface area contributed by atoms with Crippen LogP contribution in [0.4, 0.5) is 0 Å². The Kier molecular flexibility index (Phi) is 8.14. The van der Waals surface area contributed by atoms with Crippen LogP contribution in [0.25, 0.3) is 0 Å². The molecule has 0 fully saturated rings. The largest absolute Gasteiger partial charge is 0.355 e. The molecule has 1 aromatic heterocycles. The monoisotopic (exact) mass is 451 g/mol. The van der Waals surface area contributed by atoms with Gasteiger partial charge in [0.1, 0.15) is 0 Å². The highest BCUT2D eigenvalue weighted by Crippen LogP contribution is 2.17. The highest BCUT2D eigenvalue weighted by atomic mass is 127. The third-order valence-electron chi connectivity index (χ3n) is 4.32. The van der Waals surface area contributed by atoms with Crippen molar-refractivity contribution in [2.24, 2.45) is 4.99 Å². The Morgan fingerprint density at radius 3 is 2.68 bits per heavy atom. The van der Waals surface area contributed by atoms with E-state index in [-0.39, 0.29) is 24.0 Å². The molecule has 0 amide bonds. The van der Waals surface area contributed by atoms with Gasteiger partial charge in [-0.1, -0.05) is 30.3 Å². The molecule has 5 nitrogen and oxygen atoms in total. The van der Waals surface area contributed by atoms with Crippen molar-refractivity contribution in [3.63, 3.8) is 0 Å². The quantitative estimate of drug-likeness (QED) is 0.417. The van der Waals surface area contributed by atoms with E-state index in [1.165, 1.54) is 11.1 Å². The van der Waals surface area contributed by atoms with Crippen molar-refractivity contribution >= 4 is 29.9 Å². The zero-order valence-corrected chi connectivity index (χ0v) is 16.9. The van der Waals surface area contributed by atoms with E-state index in [9.17, 15) is 0 Å². The summed E-state index contributed by atoms with van der Waals surface area (Å²) in [5, 5.41) is 6.68. The zero-order valence-electron chi connectivity index (χ0n) is 14.6. The summed E-state index contributed by atoms with van der Waals surface area (Å²) in [6.45, 7) is 4.73. The van der Waals surface area contributed by atoms with Crippen LogP contribution in [0.2, 0.25) is 0 Å². The SMILES string of the molecule is CN=C(NCCN1CCc2ccccc2C1)NCc1ccccn1.I. The van der Waals surface area contributed by atoms with E-state index >= 15 is 0 Å². The molecule has 134 valence electrons. The van der Waals surface area contributed by atoms with Gasteiger partial charge in [-0.2, -0.15) is 0 Å². The average Bonchev–Trinajstić information content (AvgIpc) is 2.65.